The van der Waals surface area contributed by atoms with Crippen molar-refractivity contribution >= 4 is 33.4 Å². The number of carbonyl (C=O) groups is 2. The largest absolute Gasteiger partial charge is 0.379 e. The number of nitrogens with one attached hydrogen (secondary N) is 2. The van der Waals surface area contributed by atoms with Crippen molar-refractivity contribution in [2.45, 2.75) is 44.2 Å². The van der Waals surface area contributed by atoms with Crippen LogP contribution in [0.1, 0.15) is 42.6 Å². The van der Waals surface area contributed by atoms with Crippen molar-refractivity contribution in [2.24, 2.45) is 5.41 Å². The summed E-state index contributed by atoms with van der Waals surface area (Å²) in [6.45, 7) is 8.97. The van der Waals surface area contributed by atoms with Crippen molar-refractivity contribution < 1.29 is 22.7 Å². The molecule has 0 aromatic heterocycles. The molecule has 2 aliphatic heterocycles. The highest BCUT2D eigenvalue weighted by Gasteiger charge is 2.40. The molecule has 2 aromatic rings. The number of benzene rings is 2. The molecule has 0 saturated carbocycles. The average molecular weight is 577 g/mol. The second-order valence-electron chi connectivity index (χ2n) is 10.8. The smallest absolute Gasteiger partial charge is 0.251 e. The van der Waals surface area contributed by atoms with E-state index in [1.165, 1.54) is 28.6 Å². The molecule has 0 radical (unpaired) electrons. The van der Waals surface area contributed by atoms with Crippen molar-refractivity contribution in [3.8, 4) is 0 Å². The van der Waals surface area contributed by atoms with Gasteiger partial charge in [-0.1, -0.05) is 37.6 Å². The van der Waals surface area contributed by atoms with Crippen LogP contribution in [0.25, 0.3) is 0 Å². The van der Waals surface area contributed by atoms with Gasteiger partial charge in [-0.15, -0.1) is 0 Å². The zero-order valence-electron chi connectivity index (χ0n) is 22.5. The van der Waals surface area contributed by atoms with Crippen LogP contribution >= 0.6 is 11.6 Å². The van der Waals surface area contributed by atoms with E-state index in [9.17, 15) is 18.0 Å². The van der Waals surface area contributed by atoms with Crippen molar-refractivity contribution in [3.05, 3.63) is 64.7 Å². The van der Waals surface area contributed by atoms with E-state index in [0.717, 1.165) is 26.1 Å². The Hall–Kier alpha value is -2.50. The summed E-state index contributed by atoms with van der Waals surface area (Å²) in [5.41, 5.74) is 0.925. The Morgan fingerprint density at radius 3 is 2.46 bits per heavy atom. The van der Waals surface area contributed by atoms with Crippen LogP contribution in [-0.2, 0) is 26.1 Å². The van der Waals surface area contributed by atoms with Crippen molar-refractivity contribution in [3.63, 3.8) is 0 Å². The summed E-state index contributed by atoms with van der Waals surface area (Å²) in [6, 6.07) is 11.9. The van der Waals surface area contributed by atoms with Gasteiger partial charge >= 0.3 is 0 Å². The Kier molecular flexibility index (Phi) is 9.66. The number of ether oxygens (including phenoxy) is 1. The van der Waals surface area contributed by atoms with Gasteiger partial charge in [-0.25, -0.2) is 8.42 Å². The van der Waals surface area contributed by atoms with E-state index in [1.54, 1.807) is 24.3 Å². The van der Waals surface area contributed by atoms with E-state index in [-0.39, 0.29) is 28.7 Å². The van der Waals surface area contributed by atoms with Gasteiger partial charge < -0.3 is 15.4 Å². The van der Waals surface area contributed by atoms with Gasteiger partial charge in [0, 0.05) is 49.9 Å². The van der Waals surface area contributed by atoms with Gasteiger partial charge in [-0.3, -0.25) is 14.5 Å². The molecule has 0 bridgehead atoms. The first-order chi connectivity index (χ1) is 18.5. The second kappa shape index (κ2) is 12.8. The topological polar surface area (TPSA) is 108 Å². The molecule has 11 heteroatoms. The summed E-state index contributed by atoms with van der Waals surface area (Å²) in [5.74, 6) is -0.500. The first kappa shape index (κ1) is 29.5. The first-order valence-electron chi connectivity index (χ1n) is 13.3. The lowest BCUT2D eigenvalue weighted by molar-refractivity contribution is -0.125. The van der Waals surface area contributed by atoms with Crippen LogP contribution in [-0.4, -0.2) is 81.4 Å². The summed E-state index contributed by atoms with van der Waals surface area (Å²) >= 11 is 6.00. The highest BCUT2D eigenvalue weighted by molar-refractivity contribution is 7.89. The Balaban J connectivity index is 1.52. The maximum Gasteiger partial charge on any atom is 0.251 e. The maximum atomic E-state index is 13.9. The molecule has 2 N–H and O–H groups in total. The predicted molar refractivity (Wildman–Crippen MR) is 150 cm³/mol. The highest BCUT2D eigenvalue weighted by Crippen LogP contribution is 2.33. The van der Waals surface area contributed by atoms with E-state index >= 15 is 0 Å². The number of nitrogens with zero attached hydrogens (tertiary/aromatic N) is 2. The Morgan fingerprint density at radius 1 is 1.13 bits per heavy atom. The summed E-state index contributed by atoms with van der Waals surface area (Å²) in [4.78, 5) is 28.1. The minimum atomic E-state index is -4.04. The number of hydrogen-bond donors (Lipinski definition) is 2. The van der Waals surface area contributed by atoms with Crippen LogP contribution in [0.5, 0.6) is 0 Å². The molecule has 0 aliphatic carbocycles. The average Bonchev–Trinajstić information content (AvgIpc) is 3.05. The van der Waals surface area contributed by atoms with Gasteiger partial charge in [0.15, 0.2) is 0 Å². The van der Waals surface area contributed by atoms with Crippen molar-refractivity contribution in [2.75, 3.05) is 45.9 Å². The summed E-state index contributed by atoms with van der Waals surface area (Å²) in [7, 11) is -4.04. The number of halogens is 1. The number of rotatable bonds is 9. The van der Waals surface area contributed by atoms with Crippen LogP contribution in [0, 0.1) is 5.41 Å². The van der Waals surface area contributed by atoms with E-state index < -0.39 is 16.1 Å². The fourth-order valence-electron chi connectivity index (χ4n) is 4.89. The van der Waals surface area contributed by atoms with Crippen LogP contribution in [0.3, 0.4) is 0 Å². The summed E-state index contributed by atoms with van der Waals surface area (Å²) in [5, 5.41) is 6.25. The minimum absolute atomic E-state index is 0.0158. The molecular formula is C28H37ClN4O5S. The summed E-state index contributed by atoms with van der Waals surface area (Å²) < 4.78 is 34.4. The van der Waals surface area contributed by atoms with Crippen LogP contribution < -0.4 is 10.6 Å². The standard InChI is InChI=1S/C28H37ClN4O5S/c1-28(2)11-12-30-27(35)25(19-28)33(39(36,37)24-9-7-23(29)8-10-24)20-21-3-5-22(6-4-21)26(34)31-13-14-32-15-17-38-18-16-32/h3-10,25H,11-20H2,1-2H3,(H,30,35)(H,31,34). The molecule has 1 atom stereocenters. The zero-order valence-corrected chi connectivity index (χ0v) is 24.1. The predicted octanol–water partition coefficient (Wildman–Crippen LogP) is 2.90. The van der Waals surface area contributed by atoms with E-state index in [1.807, 2.05) is 13.8 Å². The molecule has 4 rings (SSSR count). The molecule has 2 saturated heterocycles. The molecule has 2 aliphatic rings. The quantitative estimate of drug-likeness (QED) is 0.475. The van der Waals surface area contributed by atoms with E-state index in [4.69, 9.17) is 16.3 Å². The lowest BCUT2D eigenvalue weighted by Crippen LogP contribution is -2.49. The number of hydrogen-bond acceptors (Lipinski definition) is 6. The third-order valence-electron chi connectivity index (χ3n) is 7.29. The van der Waals surface area contributed by atoms with Gasteiger partial charge in [0.1, 0.15) is 6.04 Å². The van der Waals surface area contributed by atoms with Gasteiger partial charge in [0.25, 0.3) is 5.91 Å². The normalized spacial score (nSPS) is 20.3. The molecule has 2 heterocycles. The van der Waals surface area contributed by atoms with Crippen LogP contribution in [0.2, 0.25) is 5.02 Å². The van der Waals surface area contributed by atoms with Gasteiger partial charge in [0.05, 0.1) is 18.1 Å². The Labute approximate surface area is 235 Å². The number of amides is 2. The van der Waals surface area contributed by atoms with Crippen LogP contribution in [0.15, 0.2) is 53.4 Å². The third kappa shape index (κ3) is 7.79. The first-order valence-corrected chi connectivity index (χ1v) is 15.1. The molecule has 2 amide bonds. The summed E-state index contributed by atoms with van der Waals surface area (Å²) in [6.07, 6.45) is 1.13. The highest BCUT2D eigenvalue weighted by atomic mass is 35.5. The third-order valence-corrected chi connectivity index (χ3v) is 9.41. The van der Waals surface area contributed by atoms with Gasteiger partial charge in [-0.2, -0.15) is 4.31 Å². The molecular weight excluding hydrogens is 540 g/mol. The van der Waals surface area contributed by atoms with E-state index in [2.05, 4.69) is 15.5 Å². The number of sulfonamides is 1. The Morgan fingerprint density at radius 2 is 1.79 bits per heavy atom. The fraction of sp³-hybridized carbons (Fsp3) is 0.500. The van der Waals surface area contributed by atoms with Crippen molar-refractivity contribution in [1.82, 2.24) is 19.8 Å². The lowest BCUT2D eigenvalue weighted by Gasteiger charge is -2.33. The number of carbonyl (C=O) groups excluding carboxylic acids is 2. The molecule has 39 heavy (non-hydrogen) atoms. The van der Waals surface area contributed by atoms with Crippen molar-refractivity contribution in [1.29, 1.82) is 0 Å². The monoisotopic (exact) mass is 576 g/mol. The maximum absolute atomic E-state index is 13.9. The molecule has 212 valence electrons. The van der Waals surface area contributed by atoms with Gasteiger partial charge in [-0.05, 0) is 60.2 Å². The van der Waals surface area contributed by atoms with E-state index in [0.29, 0.717) is 48.9 Å². The zero-order chi connectivity index (χ0) is 28.0. The molecule has 9 nitrogen and oxygen atoms in total. The molecule has 1 unspecified atom stereocenters. The molecule has 2 aromatic carbocycles. The minimum Gasteiger partial charge on any atom is -0.379 e. The second-order valence-corrected chi connectivity index (χ2v) is 13.2. The molecule has 0 spiro atoms. The molecule has 2 fully saturated rings. The fourth-order valence-corrected chi connectivity index (χ4v) is 6.59. The van der Waals surface area contributed by atoms with Gasteiger partial charge in [0.2, 0.25) is 15.9 Å². The SMILES string of the molecule is CC1(C)CCNC(=O)C(N(Cc2ccc(C(=O)NCCN3CCOCC3)cc2)S(=O)(=O)c2ccc(Cl)cc2)C1. The Bertz CT molecular complexity index is 1250. The lowest BCUT2D eigenvalue weighted by atomic mass is 9.83. The number of morpholine rings is 1. The van der Waals surface area contributed by atoms with Crippen LogP contribution in [0.4, 0.5) is 0 Å².